The van der Waals surface area contributed by atoms with Crippen LogP contribution < -0.4 is 20.9 Å². The van der Waals surface area contributed by atoms with Gasteiger partial charge < -0.3 is 30.5 Å². The first kappa shape index (κ1) is 28.7. The second kappa shape index (κ2) is 11.9. The number of ether oxygens (including phenoxy) is 3. The Kier molecular flexibility index (Phi) is 8.14. The molecule has 10 nitrogen and oxygen atoms in total. The van der Waals surface area contributed by atoms with Gasteiger partial charge in [-0.1, -0.05) is 6.08 Å². The van der Waals surface area contributed by atoms with Crippen LogP contribution in [0.25, 0.3) is 12.2 Å². The van der Waals surface area contributed by atoms with Gasteiger partial charge in [-0.25, -0.2) is 13.8 Å². The van der Waals surface area contributed by atoms with Gasteiger partial charge in [0.05, 0.1) is 20.1 Å². The van der Waals surface area contributed by atoms with Crippen LogP contribution in [0.3, 0.4) is 0 Å². The van der Waals surface area contributed by atoms with Gasteiger partial charge in [-0.2, -0.15) is 4.98 Å². The second-order valence-electron chi connectivity index (χ2n) is 10.0. The molecule has 0 amide bonds. The Balaban J connectivity index is 1.50. The molecule has 1 aliphatic carbocycles. The lowest BCUT2D eigenvalue weighted by molar-refractivity contribution is -0.148. The fourth-order valence-electron chi connectivity index (χ4n) is 4.93. The topological polar surface area (TPSA) is 152 Å². The third-order valence-electron chi connectivity index (χ3n) is 7.19. The van der Waals surface area contributed by atoms with Gasteiger partial charge in [-0.05, 0) is 48.2 Å². The van der Waals surface area contributed by atoms with Crippen molar-refractivity contribution in [1.82, 2.24) is 9.97 Å². The molecule has 5 rings (SSSR count). The maximum atomic E-state index is 15.7. The third kappa shape index (κ3) is 5.78. The lowest BCUT2D eigenvalue weighted by atomic mass is 9.81. The molecule has 1 aliphatic heterocycles. The van der Waals surface area contributed by atoms with E-state index < -0.39 is 29.4 Å². The summed E-state index contributed by atoms with van der Waals surface area (Å²) < 4.78 is 47.6. The summed E-state index contributed by atoms with van der Waals surface area (Å²) in [7, 11) is 2.92. The molecule has 2 unspecified atom stereocenters. The average Bonchev–Trinajstić information content (AvgIpc) is 3.78. The van der Waals surface area contributed by atoms with Gasteiger partial charge in [0.25, 0.3) is 0 Å². The second-order valence-corrected chi connectivity index (χ2v) is 10.0. The van der Waals surface area contributed by atoms with Crippen molar-refractivity contribution >= 4 is 48.1 Å². The van der Waals surface area contributed by atoms with Crippen molar-refractivity contribution in [3.8, 4) is 11.5 Å². The number of halogens is 2. The van der Waals surface area contributed by atoms with E-state index >= 15 is 8.78 Å². The van der Waals surface area contributed by atoms with Crippen LogP contribution in [0.15, 0.2) is 29.4 Å². The maximum absolute atomic E-state index is 15.7. The zero-order valence-corrected chi connectivity index (χ0v) is 23.0. The van der Waals surface area contributed by atoms with Crippen molar-refractivity contribution in [3.63, 3.8) is 0 Å². The first-order chi connectivity index (χ1) is 20.2. The number of carbonyl (C=O) groups is 2. The molecule has 0 bridgehead atoms. The van der Waals surface area contributed by atoms with Gasteiger partial charge in [0.2, 0.25) is 5.95 Å². The molecule has 2 aromatic carbocycles. The minimum Gasteiger partial charge on any atom is -0.493 e. The smallest absolute Gasteiger partial charge is 0.315 e. The van der Waals surface area contributed by atoms with Crippen molar-refractivity contribution in [2.24, 2.45) is 10.9 Å². The highest BCUT2D eigenvalue weighted by atomic mass is 19.1. The van der Waals surface area contributed by atoms with E-state index in [-0.39, 0.29) is 41.1 Å². The Morgan fingerprint density at radius 1 is 1.12 bits per heavy atom. The molecule has 0 spiro atoms. The molecule has 218 valence electrons. The van der Waals surface area contributed by atoms with E-state index in [1.165, 1.54) is 38.8 Å². The molecule has 42 heavy (non-hydrogen) atoms. The fourth-order valence-corrected chi connectivity index (χ4v) is 4.93. The fraction of sp³-hybridized carbons (Fsp3) is 0.300. The number of esters is 1. The predicted molar refractivity (Wildman–Crippen MR) is 153 cm³/mol. The summed E-state index contributed by atoms with van der Waals surface area (Å²) in [5, 5.41) is 0. The van der Waals surface area contributed by atoms with Crippen LogP contribution in [-0.2, 0) is 20.7 Å². The lowest BCUT2D eigenvalue weighted by Crippen LogP contribution is -2.29. The number of carbonyl (C=O) groups excluding carboxylic acids is 2. The number of aldehydes is 1. The Hall–Kier alpha value is -4.87. The number of fused-ring (bicyclic) bond motifs is 1. The van der Waals surface area contributed by atoms with Crippen LogP contribution in [0.2, 0.25) is 0 Å². The molecule has 1 saturated carbocycles. The summed E-state index contributed by atoms with van der Waals surface area (Å²) in [6.45, 7) is 0. The first-order valence-electron chi connectivity index (χ1n) is 13.2. The van der Waals surface area contributed by atoms with Crippen LogP contribution >= 0.6 is 0 Å². The number of methoxy groups -OCH3 is 2. The monoisotopic (exact) mass is 577 g/mol. The number of nitrogens with two attached hydrogens (primary N) is 2. The quantitative estimate of drug-likeness (QED) is 0.203. The third-order valence-corrected chi connectivity index (χ3v) is 7.19. The van der Waals surface area contributed by atoms with E-state index in [4.69, 9.17) is 25.7 Å². The minimum absolute atomic E-state index is 0.0526. The molecule has 3 aromatic rings. The van der Waals surface area contributed by atoms with E-state index in [2.05, 4.69) is 15.0 Å². The van der Waals surface area contributed by atoms with Crippen LogP contribution in [0.4, 0.5) is 26.2 Å². The number of hydrogen-bond acceptors (Lipinski definition) is 10. The number of aliphatic imine (C=N–C) groups is 1. The molecule has 2 aliphatic rings. The van der Waals surface area contributed by atoms with Gasteiger partial charge in [0, 0.05) is 47.9 Å². The van der Waals surface area contributed by atoms with Crippen molar-refractivity contribution in [1.29, 1.82) is 0 Å². The van der Waals surface area contributed by atoms with Gasteiger partial charge in [0.1, 0.15) is 29.7 Å². The predicted octanol–water partition coefficient (Wildman–Crippen LogP) is 4.41. The van der Waals surface area contributed by atoms with Gasteiger partial charge in [-0.15, -0.1) is 0 Å². The summed E-state index contributed by atoms with van der Waals surface area (Å²) in [4.78, 5) is 36.2. The van der Waals surface area contributed by atoms with Gasteiger partial charge in [-0.3, -0.25) is 9.79 Å². The highest BCUT2D eigenvalue weighted by Gasteiger charge is 2.38. The van der Waals surface area contributed by atoms with E-state index in [1.807, 2.05) is 0 Å². The largest absolute Gasteiger partial charge is 0.493 e. The number of rotatable bonds is 10. The molecule has 1 fully saturated rings. The molecular weight excluding hydrogens is 548 g/mol. The Bertz CT molecular complexity index is 1610. The maximum Gasteiger partial charge on any atom is 0.315 e. The average molecular weight is 578 g/mol. The molecule has 12 heteroatoms. The molecule has 0 radical (unpaired) electrons. The lowest BCUT2D eigenvalue weighted by Gasteiger charge is -2.27. The van der Waals surface area contributed by atoms with Crippen molar-refractivity contribution in [2.75, 3.05) is 25.7 Å². The zero-order valence-electron chi connectivity index (χ0n) is 23.0. The van der Waals surface area contributed by atoms with E-state index in [0.717, 1.165) is 24.5 Å². The Labute approximate surface area is 240 Å². The van der Waals surface area contributed by atoms with E-state index in [9.17, 15) is 9.59 Å². The summed E-state index contributed by atoms with van der Waals surface area (Å²) in [6, 6.07) is 4.63. The van der Waals surface area contributed by atoms with Crippen molar-refractivity contribution in [3.05, 3.63) is 63.8 Å². The summed E-state index contributed by atoms with van der Waals surface area (Å²) in [5.74, 6) is -3.05. The number of nitrogen functional groups attached to an aromatic ring is 2. The van der Waals surface area contributed by atoms with Gasteiger partial charge >= 0.3 is 5.97 Å². The van der Waals surface area contributed by atoms with Crippen molar-refractivity contribution in [2.45, 2.75) is 37.7 Å². The van der Waals surface area contributed by atoms with Crippen molar-refractivity contribution < 1.29 is 32.6 Å². The number of hydrogen-bond donors (Lipinski definition) is 2. The molecule has 1 aromatic heterocycles. The molecule has 4 N–H and O–H groups in total. The summed E-state index contributed by atoms with van der Waals surface area (Å²) in [5.41, 5.74) is 13.1. The highest BCUT2D eigenvalue weighted by molar-refractivity contribution is 5.95. The number of anilines is 2. The molecular formula is C30H29F2N5O5. The standard InChI is InChI=1S/C30H29F2N5O5/c1-40-24-11-15(10-17-13-36-30(34)37-28(17)33)9-16(27(24)41-2)3-6-20-23(31)12-21-19(7-8-38)22(14-35-26(21)25(20)32)29(39)42-18-4-5-18/h3,6,8-9,11-14,18-19,22H,4-5,7,10H2,1-2H3,(H4,33,34,36,37). The first-order valence-corrected chi connectivity index (χ1v) is 13.2. The van der Waals surface area contributed by atoms with Crippen LogP contribution in [0, 0.1) is 17.6 Å². The van der Waals surface area contributed by atoms with Gasteiger partial charge in [0.15, 0.2) is 17.3 Å². The molecule has 0 saturated heterocycles. The molecule has 2 heterocycles. The summed E-state index contributed by atoms with van der Waals surface area (Å²) in [6.07, 6.45) is 7.77. The van der Waals surface area contributed by atoms with Crippen LogP contribution in [0.5, 0.6) is 11.5 Å². The van der Waals surface area contributed by atoms with Crippen LogP contribution in [0.1, 0.15) is 53.0 Å². The number of aromatic nitrogens is 2. The Morgan fingerprint density at radius 3 is 2.57 bits per heavy atom. The summed E-state index contributed by atoms with van der Waals surface area (Å²) >= 11 is 0. The molecule has 2 atom stereocenters. The van der Waals surface area contributed by atoms with Crippen LogP contribution in [-0.4, -0.2) is 48.8 Å². The van der Waals surface area contributed by atoms with E-state index in [1.54, 1.807) is 12.1 Å². The normalized spacial score (nSPS) is 17.6. The SMILES string of the molecule is COc1cc(Cc2cnc(N)nc2N)cc(C=Cc2c(F)cc3c(c2F)N=CC(C(=O)OC2CC2)C3CC=O)c1OC. The minimum atomic E-state index is -0.920. The number of nitrogens with zero attached hydrogens (tertiary/aromatic N) is 3. The Morgan fingerprint density at radius 2 is 1.90 bits per heavy atom. The highest BCUT2D eigenvalue weighted by Crippen LogP contribution is 2.43. The number of benzene rings is 2. The van der Waals surface area contributed by atoms with E-state index in [0.29, 0.717) is 35.3 Å². The zero-order chi connectivity index (χ0) is 30.0.